The number of benzene rings is 2. The summed E-state index contributed by atoms with van der Waals surface area (Å²) < 4.78 is 95.3. The average Bonchev–Trinajstić information content (AvgIpc) is 3.27. The summed E-state index contributed by atoms with van der Waals surface area (Å²) >= 11 is 6.03. The van der Waals surface area contributed by atoms with Crippen molar-refractivity contribution in [2.75, 3.05) is 4.72 Å². The highest BCUT2D eigenvalue weighted by atomic mass is 35.5. The van der Waals surface area contributed by atoms with Crippen LogP contribution in [0.25, 0.3) is 0 Å². The van der Waals surface area contributed by atoms with E-state index < -0.39 is 60.7 Å². The normalized spacial score (nSPS) is 24.6. The molecule has 0 bridgehead atoms. The Morgan fingerprint density at radius 1 is 1.11 bits per heavy atom. The average molecular weight is 530 g/mol. The van der Waals surface area contributed by atoms with E-state index in [2.05, 4.69) is 10.3 Å². The third-order valence-corrected chi connectivity index (χ3v) is 7.71. The number of Topliss-reactive ketones (excluding diaryl/α,β-unsaturated/α-hetero) is 1. The Balaban J connectivity index is 1.46. The summed E-state index contributed by atoms with van der Waals surface area (Å²) in [5.41, 5.74) is -3.77. The molecule has 2 aromatic rings. The van der Waals surface area contributed by atoms with E-state index in [1.54, 1.807) is 6.08 Å². The van der Waals surface area contributed by atoms with Gasteiger partial charge in [0.1, 0.15) is 5.82 Å². The van der Waals surface area contributed by atoms with Gasteiger partial charge < -0.3 is 5.32 Å². The maximum absolute atomic E-state index is 15.3. The highest BCUT2D eigenvalue weighted by Gasteiger charge is 2.70. The molecule has 3 atom stereocenters. The third-order valence-electron chi connectivity index (χ3n) is 6.12. The van der Waals surface area contributed by atoms with Crippen molar-refractivity contribution in [3.8, 4) is 0 Å². The number of sulfonamides is 1. The largest absolute Gasteiger partial charge is 0.416 e. The van der Waals surface area contributed by atoms with E-state index in [0.29, 0.717) is 30.3 Å². The predicted octanol–water partition coefficient (Wildman–Crippen LogP) is 4.40. The minimum Gasteiger partial charge on any atom is -0.384 e. The highest BCUT2D eigenvalue weighted by Crippen LogP contribution is 2.61. The Bertz CT molecular complexity index is 1470. The number of carbonyl (C=O) groups is 1. The number of nitrogens with one attached hydrogen (secondary N) is 2. The van der Waals surface area contributed by atoms with E-state index in [1.165, 1.54) is 12.4 Å². The van der Waals surface area contributed by atoms with Crippen LogP contribution in [0.15, 0.2) is 69.2 Å². The molecule has 1 spiro atoms. The first-order valence-electron chi connectivity index (χ1n) is 9.97. The van der Waals surface area contributed by atoms with Gasteiger partial charge in [0.2, 0.25) is 0 Å². The van der Waals surface area contributed by atoms with Crippen LogP contribution in [0.2, 0.25) is 0 Å². The van der Waals surface area contributed by atoms with Crippen molar-refractivity contribution < 1.29 is 35.2 Å². The van der Waals surface area contributed by atoms with Crippen LogP contribution in [0, 0.1) is 17.0 Å². The van der Waals surface area contributed by atoms with Gasteiger partial charge in [-0.25, -0.2) is 17.2 Å². The first kappa shape index (κ1) is 23.5. The quantitative estimate of drug-likeness (QED) is 0.444. The summed E-state index contributed by atoms with van der Waals surface area (Å²) in [5, 5.41) is 3.19. The number of dihydropyridines is 1. The number of anilines is 1. The summed E-state index contributed by atoms with van der Waals surface area (Å²) in [6, 6.07) is 3.30. The Hall–Kier alpha value is -3.25. The van der Waals surface area contributed by atoms with Crippen molar-refractivity contribution >= 4 is 39.3 Å². The molecule has 0 amide bonds. The van der Waals surface area contributed by atoms with Gasteiger partial charge in [-0.2, -0.15) is 13.2 Å². The molecule has 1 fully saturated rings. The topological polar surface area (TPSA) is 87.6 Å². The molecule has 182 valence electrons. The lowest BCUT2D eigenvalue weighted by Gasteiger charge is -2.17. The van der Waals surface area contributed by atoms with Crippen LogP contribution in [0.1, 0.15) is 15.9 Å². The molecule has 1 saturated carbocycles. The molecule has 0 aromatic heterocycles. The molecule has 1 aliphatic carbocycles. The number of nitrogens with zero attached hydrogens (tertiary/aromatic N) is 1. The van der Waals surface area contributed by atoms with Crippen LogP contribution in [0.5, 0.6) is 0 Å². The van der Waals surface area contributed by atoms with Crippen LogP contribution in [-0.4, -0.2) is 32.5 Å². The Morgan fingerprint density at radius 3 is 2.46 bits per heavy atom. The van der Waals surface area contributed by atoms with E-state index in [0.717, 1.165) is 6.07 Å². The van der Waals surface area contributed by atoms with Gasteiger partial charge in [0.15, 0.2) is 11.6 Å². The van der Waals surface area contributed by atoms with Crippen molar-refractivity contribution in [2.45, 2.75) is 23.2 Å². The molecule has 3 unspecified atom stereocenters. The summed E-state index contributed by atoms with van der Waals surface area (Å²) in [4.78, 5) is 16.8. The first-order chi connectivity index (χ1) is 16.4. The number of halogens is 6. The highest BCUT2D eigenvalue weighted by molar-refractivity contribution is 7.92. The van der Waals surface area contributed by atoms with Crippen LogP contribution in [-0.2, 0) is 16.2 Å². The number of hydrogen-bond donors (Lipinski definition) is 2. The standard InChI is InChI=1S/C22H13ClF5N3O3S/c23-11-7-21-13(9-30-20(21)19(21)29-8-11)18(32)16-14(24)5-6-15(17(16)25)31-35(33,34)12-3-1-10(2-4-12)22(26,27)28/h1-9,19-20,30-31H. The van der Waals surface area contributed by atoms with E-state index in [9.17, 15) is 30.8 Å². The zero-order chi connectivity index (χ0) is 25.3. The van der Waals surface area contributed by atoms with E-state index in [-0.39, 0.29) is 22.7 Å². The van der Waals surface area contributed by atoms with Gasteiger partial charge in [0, 0.05) is 18.0 Å². The molecule has 2 aromatic carbocycles. The fourth-order valence-electron chi connectivity index (χ4n) is 4.38. The molecule has 2 heterocycles. The fraction of sp³-hybridized carbons (Fsp3) is 0.182. The second-order valence-electron chi connectivity index (χ2n) is 8.13. The lowest BCUT2D eigenvalue weighted by molar-refractivity contribution is -0.137. The van der Waals surface area contributed by atoms with Crippen molar-refractivity contribution in [1.82, 2.24) is 5.32 Å². The Morgan fingerprint density at radius 2 is 1.80 bits per heavy atom. The van der Waals surface area contributed by atoms with Crippen molar-refractivity contribution in [3.05, 3.63) is 82.0 Å². The lowest BCUT2D eigenvalue weighted by atomic mass is 9.88. The van der Waals surface area contributed by atoms with Crippen LogP contribution in [0.4, 0.5) is 27.6 Å². The summed E-state index contributed by atoms with van der Waals surface area (Å²) in [6.07, 6.45) is -0.367. The number of carbonyl (C=O) groups excluding carboxylic acids is 1. The zero-order valence-corrected chi connectivity index (χ0v) is 18.8. The molecular weight excluding hydrogens is 517 g/mol. The lowest BCUT2D eigenvalue weighted by Crippen LogP contribution is -2.21. The maximum atomic E-state index is 15.3. The Kier molecular flexibility index (Phi) is 5.12. The van der Waals surface area contributed by atoms with Crippen LogP contribution < -0.4 is 10.0 Å². The van der Waals surface area contributed by atoms with Gasteiger partial charge in [-0.1, -0.05) is 11.6 Å². The van der Waals surface area contributed by atoms with Gasteiger partial charge in [-0.3, -0.25) is 14.5 Å². The monoisotopic (exact) mass is 529 g/mol. The van der Waals surface area contributed by atoms with E-state index >= 15 is 4.39 Å². The van der Waals surface area contributed by atoms with E-state index in [1.807, 2.05) is 4.72 Å². The summed E-state index contributed by atoms with van der Waals surface area (Å²) in [7, 11) is -4.57. The van der Waals surface area contributed by atoms with Crippen molar-refractivity contribution in [1.29, 1.82) is 0 Å². The van der Waals surface area contributed by atoms with Gasteiger partial charge in [0.25, 0.3) is 10.0 Å². The van der Waals surface area contributed by atoms with Gasteiger partial charge >= 0.3 is 6.18 Å². The number of fused-ring (bicyclic) bond motifs is 1. The number of ketones is 1. The fourth-order valence-corrected chi connectivity index (χ4v) is 5.68. The molecule has 2 N–H and O–H groups in total. The minimum absolute atomic E-state index is 0.0167. The smallest absolute Gasteiger partial charge is 0.384 e. The second kappa shape index (κ2) is 7.62. The van der Waals surface area contributed by atoms with Crippen LogP contribution in [0.3, 0.4) is 0 Å². The third kappa shape index (κ3) is 3.62. The van der Waals surface area contributed by atoms with Crippen molar-refractivity contribution in [2.24, 2.45) is 10.4 Å². The predicted molar refractivity (Wildman–Crippen MR) is 117 cm³/mol. The molecule has 0 saturated heterocycles. The number of aliphatic imine (C=N–C) groups is 1. The molecule has 13 heteroatoms. The molecule has 2 aliphatic heterocycles. The molecule has 6 nitrogen and oxygen atoms in total. The van der Waals surface area contributed by atoms with Gasteiger partial charge in [-0.05, 0) is 42.5 Å². The van der Waals surface area contributed by atoms with Crippen molar-refractivity contribution in [3.63, 3.8) is 0 Å². The van der Waals surface area contributed by atoms with E-state index in [4.69, 9.17) is 11.6 Å². The van der Waals surface area contributed by atoms with Crippen LogP contribution >= 0.6 is 11.6 Å². The number of allylic oxidation sites excluding steroid dienone is 1. The Labute approximate surface area is 200 Å². The molecular formula is C22H13ClF5N3O3S. The zero-order valence-electron chi connectivity index (χ0n) is 17.2. The molecule has 0 radical (unpaired) electrons. The molecule has 35 heavy (non-hydrogen) atoms. The number of hydrogen-bond acceptors (Lipinski definition) is 5. The molecule has 5 rings (SSSR count). The first-order valence-corrected chi connectivity index (χ1v) is 11.8. The maximum Gasteiger partial charge on any atom is 0.416 e. The van der Waals surface area contributed by atoms with Gasteiger partial charge in [-0.15, -0.1) is 0 Å². The minimum atomic E-state index is -4.68. The number of alkyl halides is 3. The second-order valence-corrected chi connectivity index (χ2v) is 10.2. The summed E-state index contributed by atoms with van der Waals surface area (Å²) in [5.74, 6) is -3.72. The number of rotatable bonds is 5. The summed E-state index contributed by atoms with van der Waals surface area (Å²) in [6.45, 7) is 0. The SMILES string of the molecule is O=C(C1=CNC2C3N=CC(Cl)=CC132)c1c(F)ccc(NS(=O)(=O)c2ccc(C(F)(F)F)cc2)c1F. The van der Waals surface area contributed by atoms with Gasteiger partial charge in [0.05, 0.1) is 44.2 Å². The molecule has 3 aliphatic rings.